The Morgan fingerprint density at radius 1 is 1.11 bits per heavy atom. The molecular formula is C28H32N6O3. The van der Waals surface area contributed by atoms with Gasteiger partial charge in [0.15, 0.2) is 5.79 Å². The van der Waals surface area contributed by atoms with Crippen LogP contribution in [0.4, 0.5) is 11.6 Å². The molecule has 0 spiro atoms. The summed E-state index contributed by atoms with van der Waals surface area (Å²) < 4.78 is 21.3. The van der Waals surface area contributed by atoms with Gasteiger partial charge in [0.2, 0.25) is 0 Å². The molecule has 0 radical (unpaired) electrons. The first-order chi connectivity index (χ1) is 17.9. The Hall–Kier alpha value is -3.43. The minimum Gasteiger partial charge on any atom is -0.493 e. The fourth-order valence-corrected chi connectivity index (χ4v) is 5.81. The maximum Gasteiger partial charge on any atom is 0.163 e. The summed E-state index contributed by atoms with van der Waals surface area (Å²) in [6.45, 7) is 5.46. The largest absolute Gasteiger partial charge is 0.493 e. The molecule has 7 rings (SSSR count). The van der Waals surface area contributed by atoms with E-state index in [9.17, 15) is 0 Å². The fraction of sp³-hybridized carbons (Fsp3) is 0.464. The number of nitrogen functional groups attached to an aromatic ring is 1. The van der Waals surface area contributed by atoms with Crippen molar-refractivity contribution in [3.05, 3.63) is 48.9 Å². The zero-order valence-corrected chi connectivity index (χ0v) is 21.1. The van der Waals surface area contributed by atoms with Crippen molar-refractivity contribution in [2.75, 3.05) is 24.2 Å². The number of pyridine rings is 1. The van der Waals surface area contributed by atoms with Crippen LogP contribution in [-0.2, 0) is 9.47 Å². The number of nitrogens with zero attached hydrogens (tertiary/aromatic N) is 4. The summed E-state index contributed by atoms with van der Waals surface area (Å²) in [7, 11) is 0. The van der Waals surface area contributed by atoms with E-state index < -0.39 is 5.79 Å². The molecule has 1 saturated heterocycles. The Morgan fingerprint density at radius 2 is 1.95 bits per heavy atom. The average molecular weight is 501 g/mol. The van der Waals surface area contributed by atoms with Gasteiger partial charge in [-0.15, -0.1) is 0 Å². The highest BCUT2D eigenvalue weighted by Gasteiger charge is 2.55. The lowest BCUT2D eigenvalue weighted by Gasteiger charge is -2.24. The normalized spacial score (nSPS) is 26.5. The van der Waals surface area contributed by atoms with Crippen molar-refractivity contribution in [2.24, 2.45) is 11.8 Å². The molecule has 192 valence electrons. The lowest BCUT2D eigenvalue weighted by Crippen LogP contribution is -2.29. The summed E-state index contributed by atoms with van der Waals surface area (Å²) in [5, 5.41) is 5.41. The third kappa shape index (κ3) is 4.26. The van der Waals surface area contributed by atoms with Crippen molar-refractivity contribution >= 4 is 33.6 Å². The number of benzene rings is 1. The average Bonchev–Trinajstić information content (AvgIpc) is 3.41. The summed E-state index contributed by atoms with van der Waals surface area (Å²) in [5.74, 6) is 2.51. The van der Waals surface area contributed by atoms with Crippen LogP contribution < -0.4 is 15.8 Å². The number of ether oxygens (including phenoxy) is 3. The monoisotopic (exact) mass is 500 g/mol. The molecule has 0 unspecified atom stereocenters. The molecule has 0 amide bonds. The molecule has 2 saturated carbocycles. The molecule has 3 aliphatic rings. The topological polar surface area (TPSA) is 109 Å². The van der Waals surface area contributed by atoms with Gasteiger partial charge in [0, 0.05) is 30.1 Å². The number of hydrogen-bond donors (Lipinski definition) is 2. The van der Waals surface area contributed by atoms with Gasteiger partial charge in [-0.05, 0) is 69.4 Å². The highest BCUT2D eigenvalue weighted by atomic mass is 16.8. The van der Waals surface area contributed by atoms with Crippen LogP contribution >= 0.6 is 0 Å². The third-order valence-electron chi connectivity index (χ3n) is 7.85. The number of nitrogens with two attached hydrogens (primary N) is 1. The second-order valence-corrected chi connectivity index (χ2v) is 11.0. The Kier molecular flexibility index (Phi) is 5.26. The molecule has 4 atom stereocenters. The van der Waals surface area contributed by atoms with E-state index in [2.05, 4.69) is 32.0 Å². The van der Waals surface area contributed by atoms with Gasteiger partial charge in [0.25, 0.3) is 0 Å². The molecular weight excluding hydrogens is 468 g/mol. The Bertz CT molecular complexity index is 1470. The molecule has 37 heavy (non-hydrogen) atoms. The van der Waals surface area contributed by atoms with Gasteiger partial charge in [-0.25, -0.2) is 15.0 Å². The third-order valence-corrected chi connectivity index (χ3v) is 7.85. The zero-order valence-electron chi connectivity index (χ0n) is 21.1. The van der Waals surface area contributed by atoms with Crippen LogP contribution in [0.25, 0.3) is 21.9 Å². The highest BCUT2D eigenvalue weighted by molar-refractivity contribution is 5.86. The standard InChI is InChI=1S/C28H32N6O3/c1-28(2)36-24-18(11-22(25(24)37-28)34-10-9-20-26(29)31-15-32-27(20)34)14-35-19-7-5-17-6-8-23(33-21(17)12-19)30-13-16-3-4-16/h5-10,12,15-16,18,22,24-25H,3-4,11,13-14H2,1-2H3,(H,30,33)(H2,29,31,32)/t18-,22-,24-,25+/m1/s1. The Balaban J connectivity index is 1.11. The summed E-state index contributed by atoms with van der Waals surface area (Å²) >= 11 is 0. The summed E-state index contributed by atoms with van der Waals surface area (Å²) in [4.78, 5) is 13.4. The van der Waals surface area contributed by atoms with E-state index in [1.807, 2.05) is 44.3 Å². The Labute approximate surface area is 215 Å². The molecule has 1 aromatic carbocycles. The summed E-state index contributed by atoms with van der Waals surface area (Å²) in [5.41, 5.74) is 7.84. The van der Waals surface area contributed by atoms with Gasteiger partial charge < -0.3 is 29.8 Å². The smallest absolute Gasteiger partial charge is 0.163 e. The minimum atomic E-state index is -0.653. The molecule has 3 N–H and O–H groups in total. The van der Waals surface area contributed by atoms with E-state index in [1.54, 1.807) is 0 Å². The molecule has 9 nitrogen and oxygen atoms in total. The predicted molar refractivity (Wildman–Crippen MR) is 141 cm³/mol. The van der Waals surface area contributed by atoms with Gasteiger partial charge >= 0.3 is 0 Å². The second-order valence-electron chi connectivity index (χ2n) is 11.0. The van der Waals surface area contributed by atoms with E-state index in [0.717, 1.165) is 52.4 Å². The van der Waals surface area contributed by atoms with Crippen LogP contribution in [-0.4, -0.2) is 50.7 Å². The lowest BCUT2D eigenvalue weighted by molar-refractivity contribution is -0.161. The summed E-state index contributed by atoms with van der Waals surface area (Å²) in [6.07, 6.45) is 6.84. The molecule has 4 aromatic rings. The van der Waals surface area contributed by atoms with Crippen LogP contribution in [0.1, 0.15) is 39.2 Å². The number of rotatable bonds is 7. The number of aromatic nitrogens is 4. The fourth-order valence-electron chi connectivity index (χ4n) is 5.81. The van der Waals surface area contributed by atoms with E-state index in [1.165, 1.54) is 19.2 Å². The number of anilines is 2. The van der Waals surface area contributed by atoms with Gasteiger partial charge in [0.1, 0.15) is 35.5 Å². The zero-order chi connectivity index (χ0) is 25.1. The molecule has 0 bridgehead atoms. The first-order valence-electron chi connectivity index (χ1n) is 13.1. The quantitative estimate of drug-likeness (QED) is 0.381. The van der Waals surface area contributed by atoms with E-state index >= 15 is 0 Å². The molecule has 4 heterocycles. The molecule has 9 heteroatoms. The van der Waals surface area contributed by atoms with Gasteiger partial charge in [-0.3, -0.25) is 0 Å². The van der Waals surface area contributed by atoms with E-state index in [4.69, 9.17) is 24.9 Å². The first-order valence-corrected chi connectivity index (χ1v) is 13.1. The van der Waals surface area contributed by atoms with Crippen molar-refractivity contribution in [3.63, 3.8) is 0 Å². The number of nitrogens with one attached hydrogen (secondary N) is 1. The van der Waals surface area contributed by atoms with Crippen LogP contribution in [0, 0.1) is 11.8 Å². The van der Waals surface area contributed by atoms with Crippen molar-refractivity contribution in [1.82, 2.24) is 19.5 Å². The van der Waals surface area contributed by atoms with E-state index in [-0.39, 0.29) is 24.2 Å². The number of fused-ring (bicyclic) bond motifs is 3. The van der Waals surface area contributed by atoms with Crippen LogP contribution in [0.2, 0.25) is 0 Å². The highest BCUT2D eigenvalue weighted by Crippen LogP contribution is 2.48. The van der Waals surface area contributed by atoms with E-state index in [0.29, 0.717) is 12.4 Å². The maximum atomic E-state index is 6.40. The molecule has 3 aromatic heterocycles. The van der Waals surface area contributed by atoms with Crippen LogP contribution in [0.5, 0.6) is 5.75 Å². The van der Waals surface area contributed by atoms with Crippen LogP contribution in [0.15, 0.2) is 48.9 Å². The van der Waals surface area contributed by atoms with Crippen molar-refractivity contribution < 1.29 is 14.2 Å². The van der Waals surface area contributed by atoms with Crippen molar-refractivity contribution in [2.45, 2.75) is 57.1 Å². The lowest BCUT2D eigenvalue weighted by atomic mass is 10.1. The van der Waals surface area contributed by atoms with Gasteiger partial charge in [0.05, 0.1) is 29.7 Å². The molecule has 3 fully saturated rings. The molecule has 2 aliphatic carbocycles. The predicted octanol–water partition coefficient (Wildman–Crippen LogP) is 4.54. The minimum absolute atomic E-state index is 0.0607. The first kappa shape index (κ1) is 22.7. The Morgan fingerprint density at radius 3 is 2.81 bits per heavy atom. The maximum absolute atomic E-state index is 6.40. The SMILES string of the molecule is CC1(C)O[C@@H]2[C@@H](COc3ccc4ccc(NCC5CC5)nc4c3)C[C@@H](n3ccc4c(N)ncnc43)[C@@H]2O1. The van der Waals surface area contributed by atoms with Gasteiger partial charge in [-0.1, -0.05) is 0 Å². The second kappa shape index (κ2) is 8.56. The van der Waals surface area contributed by atoms with Crippen molar-refractivity contribution in [3.8, 4) is 5.75 Å². The summed E-state index contributed by atoms with van der Waals surface area (Å²) in [6, 6.07) is 12.3. The van der Waals surface area contributed by atoms with Gasteiger partial charge in [-0.2, -0.15) is 0 Å². The number of hydrogen-bond acceptors (Lipinski definition) is 8. The molecule has 1 aliphatic heterocycles. The van der Waals surface area contributed by atoms with Crippen LogP contribution in [0.3, 0.4) is 0 Å². The van der Waals surface area contributed by atoms with Crippen molar-refractivity contribution in [1.29, 1.82) is 0 Å².